The van der Waals surface area contributed by atoms with Crippen LogP contribution in [0.4, 0.5) is 11.6 Å². The SMILES string of the molecule is N=C1C=CC(c2ccnc(N)n2)=C/C1=C(/[OH2+])c1ccc(N2CCCCC2)cc1. The molecule has 0 saturated carbocycles. The molecule has 2 aliphatic rings. The monoisotopic (exact) mass is 374 g/mol. The first-order valence-electron chi connectivity index (χ1n) is 9.51. The summed E-state index contributed by atoms with van der Waals surface area (Å²) in [5.74, 6) is 0.538. The topological polar surface area (TPSA) is 102 Å². The van der Waals surface area contributed by atoms with Crippen molar-refractivity contribution >= 4 is 28.7 Å². The van der Waals surface area contributed by atoms with Crippen LogP contribution in [0.5, 0.6) is 0 Å². The number of nitrogens with zero attached hydrogens (tertiary/aromatic N) is 3. The van der Waals surface area contributed by atoms with Crippen LogP contribution in [-0.2, 0) is 0 Å². The average Bonchev–Trinajstić information content (AvgIpc) is 2.74. The summed E-state index contributed by atoms with van der Waals surface area (Å²) in [6.07, 6.45) is 10.7. The molecule has 0 atom stereocenters. The highest BCUT2D eigenvalue weighted by molar-refractivity contribution is 6.16. The molecule has 0 bridgehead atoms. The molecule has 6 nitrogen and oxygen atoms in total. The van der Waals surface area contributed by atoms with Gasteiger partial charge in [0.15, 0.2) is 0 Å². The molecule has 1 aromatic carbocycles. The maximum absolute atomic E-state index is 8.64. The van der Waals surface area contributed by atoms with Crippen LogP contribution in [0.15, 0.2) is 60.3 Å². The molecule has 0 radical (unpaired) electrons. The Balaban J connectivity index is 1.64. The normalized spacial score (nSPS) is 18.8. The number of nitrogens with one attached hydrogen (secondary N) is 1. The van der Waals surface area contributed by atoms with Crippen LogP contribution < -0.4 is 10.6 Å². The highest BCUT2D eigenvalue weighted by Gasteiger charge is 2.19. The van der Waals surface area contributed by atoms with E-state index in [-0.39, 0.29) is 5.95 Å². The molecule has 5 N–H and O–H groups in total. The van der Waals surface area contributed by atoms with E-state index in [4.69, 9.17) is 16.2 Å². The minimum atomic E-state index is 0.206. The number of allylic oxidation sites excluding steroid dienone is 5. The summed E-state index contributed by atoms with van der Waals surface area (Å²) in [6.45, 7) is 2.19. The van der Waals surface area contributed by atoms with Gasteiger partial charge in [-0.3, -0.25) is 5.41 Å². The van der Waals surface area contributed by atoms with Gasteiger partial charge in [-0.25, -0.2) is 9.97 Å². The van der Waals surface area contributed by atoms with Gasteiger partial charge in [-0.15, -0.1) is 0 Å². The van der Waals surface area contributed by atoms with E-state index in [1.54, 1.807) is 18.3 Å². The molecule has 1 aliphatic heterocycles. The lowest BCUT2D eigenvalue weighted by Gasteiger charge is -2.28. The minimum absolute atomic E-state index is 0.206. The van der Waals surface area contributed by atoms with E-state index in [1.165, 1.54) is 24.9 Å². The molecule has 6 heteroatoms. The van der Waals surface area contributed by atoms with Crippen LogP contribution in [0.25, 0.3) is 11.3 Å². The van der Waals surface area contributed by atoms with Gasteiger partial charge in [0.05, 0.1) is 22.5 Å². The number of nitrogens with two attached hydrogens (primary N) is 1. The van der Waals surface area contributed by atoms with E-state index in [0.29, 0.717) is 22.7 Å². The Kier molecular flexibility index (Phi) is 4.93. The van der Waals surface area contributed by atoms with Gasteiger partial charge in [-0.05, 0) is 61.7 Å². The van der Waals surface area contributed by atoms with Crippen molar-refractivity contribution in [3.63, 3.8) is 0 Å². The van der Waals surface area contributed by atoms with E-state index in [9.17, 15) is 0 Å². The second-order valence-electron chi connectivity index (χ2n) is 7.03. The highest BCUT2D eigenvalue weighted by atomic mass is 16.3. The summed E-state index contributed by atoms with van der Waals surface area (Å²) in [7, 11) is 0. The zero-order valence-corrected chi connectivity index (χ0v) is 15.7. The third kappa shape index (κ3) is 3.67. The van der Waals surface area contributed by atoms with E-state index >= 15 is 0 Å². The van der Waals surface area contributed by atoms with Crippen molar-refractivity contribution in [2.45, 2.75) is 19.3 Å². The van der Waals surface area contributed by atoms with E-state index < -0.39 is 0 Å². The molecule has 1 aliphatic carbocycles. The number of benzene rings is 1. The standard InChI is InChI=1S/C22H23N5O/c23-19-9-6-16(20-10-11-25-22(24)26-20)14-18(19)21(28)15-4-7-17(8-5-15)27-12-2-1-3-13-27/h4-11,14,23,28H,1-3,12-13H2,(H2,24,25,26)/p+1/b21-18-,23-19?. The fourth-order valence-corrected chi connectivity index (χ4v) is 3.59. The molecular formula is C22H24N5O+. The second kappa shape index (κ2) is 7.68. The van der Waals surface area contributed by atoms with Gasteiger partial charge in [0.1, 0.15) is 0 Å². The summed E-state index contributed by atoms with van der Waals surface area (Å²) in [4.78, 5) is 10.6. The minimum Gasteiger partial charge on any atom is -0.592 e. The predicted molar refractivity (Wildman–Crippen MR) is 114 cm³/mol. The fourth-order valence-electron chi connectivity index (χ4n) is 3.59. The quantitative estimate of drug-likeness (QED) is 0.636. The molecule has 1 saturated heterocycles. The van der Waals surface area contributed by atoms with Crippen LogP contribution in [0.2, 0.25) is 0 Å². The third-order valence-electron chi connectivity index (χ3n) is 5.14. The number of piperidine rings is 1. The van der Waals surface area contributed by atoms with Crippen LogP contribution in [-0.4, -0.2) is 33.9 Å². The molecule has 0 unspecified atom stereocenters. The molecule has 0 amide bonds. The Bertz CT molecular complexity index is 982. The number of hydrogen-bond donors (Lipinski definition) is 2. The average molecular weight is 374 g/mol. The van der Waals surface area contributed by atoms with Crippen LogP contribution in [0.1, 0.15) is 30.5 Å². The first-order chi connectivity index (χ1) is 13.6. The van der Waals surface area contributed by atoms with Crippen LogP contribution in [0, 0.1) is 5.41 Å². The lowest BCUT2D eigenvalue weighted by atomic mass is 9.95. The van der Waals surface area contributed by atoms with Gasteiger partial charge in [-0.2, -0.15) is 0 Å². The van der Waals surface area contributed by atoms with Gasteiger partial charge in [0.25, 0.3) is 5.76 Å². The van der Waals surface area contributed by atoms with Crippen molar-refractivity contribution in [1.82, 2.24) is 9.97 Å². The number of anilines is 2. The van der Waals surface area contributed by atoms with Crippen LogP contribution >= 0.6 is 0 Å². The fraction of sp³-hybridized carbons (Fsp3) is 0.227. The summed E-state index contributed by atoms with van der Waals surface area (Å²) < 4.78 is 0. The van der Waals surface area contributed by atoms with Gasteiger partial charge in [0, 0.05) is 30.5 Å². The molecule has 1 fully saturated rings. The van der Waals surface area contributed by atoms with Crippen LogP contribution in [0.3, 0.4) is 0 Å². The lowest BCUT2D eigenvalue weighted by Crippen LogP contribution is -2.29. The number of hydrogen-bond acceptors (Lipinski definition) is 5. The Morgan fingerprint density at radius 1 is 1.04 bits per heavy atom. The number of rotatable bonds is 3. The maximum Gasteiger partial charge on any atom is 0.270 e. The zero-order chi connectivity index (χ0) is 19.5. The van der Waals surface area contributed by atoms with Crippen molar-refractivity contribution in [2.75, 3.05) is 23.7 Å². The molecule has 1 aromatic heterocycles. The van der Waals surface area contributed by atoms with Crippen molar-refractivity contribution in [3.8, 4) is 0 Å². The van der Waals surface area contributed by atoms with Gasteiger partial charge in [0.2, 0.25) is 5.95 Å². The molecule has 142 valence electrons. The van der Waals surface area contributed by atoms with Gasteiger partial charge >= 0.3 is 0 Å². The van der Waals surface area contributed by atoms with E-state index in [1.807, 2.05) is 24.3 Å². The Morgan fingerprint density at radius 3 is 2.50 bits per heavy atom. The van der Waals surface area contributed by atoms with Gasteiger partial charge in [-0.1, -0.05) is 6.08 Å². The molecule has 2 aromatic rings. The molecule has 0 spiro atoms. The molecule has 2 heterocycles. The summed E-state index contributed by atoms with van der Waals surface area (Å²) >= 11 is 0. The third-order valence-corrected chi connectivity index (χ3v) is 5.14. The molecular weight excluding hydrogens is 350 g/mol. The van der Waals surface area contributed by atoms with Crippen molar-refractivity contribution < 1.29 is 5.11 Å². The summed E-state index contributed by atoms with van der Waals surface area (Å²) in [5.41, 5.74) is 10.1. The van der Waals surface area contributed by atoms with Gasteiger partial charge < -0.3 is 15.7 Å². The smallest absolute Gasteiger partial charge is 0.270 e. The second-order valence-corrected chi connectivity index (χ2v) is 7.03. The Hall–Kier alpha value is -3.41. The van der Waals surface area contributed by atoms with Crippen molar-refractivity contribution in [1.29, 1.82) is 5.41 Å². The largest absolute Gasteiger partial charge is 0.592 e. The molecule has 28 heavy (non-hydrogen) atoms. The predicted octanol–water partition coefficient (Wildman–Crippen LogP) is 3.16. The van der Waals surface area contributed by atoms with Crippen molar-refractivity contribution in [3.05, 3.63) is 71.6 Å². The highest BCUT2D eigenvalue weighted by Crippen LogP contribution is 2.28. The van der Waals surface area contributed by atoms with Crippen molar-refractivity contribution in [2.24, 2.45) is 0 Å². The summed E-state index contributed by atoms with van der Waals surface area (Å²) in [6, 6.07) is 9.87. The zero-order valence-electron chi connectivity index (χ0n) is 15.7. The molecule has 4 rings (SSSR count). The Morgan fingerprint density at radius 2 is 1.79 bits per heavy atom. The lowest BCUT2D eigenvalue weighted by molar-refractivity contribution is 0.510. The Labute approximate surface area is 164 Å². The first-order valence-corrected chi connectivity index (χ1v) is 9.51. The first kappa shape index (κ1) is 18.0. The number of aromatic nitrogens is 2. The maximum atomic E-state index is 8.64. The number of nitrogen functional groups attached to an aromatic ring is 1. The van der Waals surface area contributed by atoms with E-state index in [2.05, 4.69) is 27.0 Å². The summed E-state index contributed by atoms with van der Waals surface area (Å²) in [5, 5.41) is 16.9. The van der Waals surface area contributed by atoms with E-state index in [0.717, 1.165) is 24.2 Å².